The molecule has 0 aromatic carbocycles. The van der Waals surface area contributed by atoms with E-state index in [1.807, 2.05) is 11.3 Å². The lowest BCUT2D eigenvalue weighted by Crippen LogP contribution is -2.30. The summed E-state index contributed by atoms with van der Waals surface area (Å²) < 4.78 is 0. The molecule has 1 nitrogen and oxygen atoms in total. The summed E-state index contributed by atoms with van der Waals surface area (Å²) in [4.78, 5) is 1.47. The van der Waals surface area contributed by atoms with Crippen molar-refractivity contribution in [3.8, 4) is 0 Å². The molecule has 0 spiro atoms. The third-order valence-corrected chi connectivity index (χ3v) is 3.34. The highest BCUT2D eigenvalue weighted by Gasteiger charge is 2.08. The molecule has 0 saturated carbocycles. The average Bonchev–Trinajstić information content (AvgIpc) is 2.67. The molecule has 1 heterocycles. The molecule has 84 valence electrons. The van der Waals surface area contributed by atoms with E-state index >= 15 is 0 Å². The number of hydrogen-bond acceptors (Lipinski definition) is 2. The summed E-state index contributed by atoms with van der Waals surface area (Å²) >= 11 is 1.85. The van der Waals surface area contributed by atoms with E-state index in [0.29, 0.717) is 6.04 Å². The van der Waals surface area contributed by atoms with E-state index in [2.05, 4.69) is 43.3 Å². The molecule has 0 amide bonds. The van der Waals surface area contributed by atoms with E-state index in [0.717, 1.165) is 19.4 Å². The van der Waals surface area contributed by atoms with Gasteiger partial charge in [-0.1, -0.05) is 18.6 Å². The van der Waals surface area contributed by atoms with Gasteiger partial charge in [0, 0.05) is 10.9 Å². The molecule has 1 rings (SSSR count). The van der Waals surface area contributed by atoms with Crippen molar-refractivity contribution in [1.29, 1.82) is 0 Å². The molecule has 1 aromatic heterocycles. The summed E-state index contributed by atoms with van der Waals surface area (Å²) in [6, 6.07) is 4.95. The first-order chi connectivity index (χ1) is 7.22. The van der Waals surface area contributed by atoms with Crippen LogP contribution in [0.3, 0.4) is 0 Å². The highest BCUT2D eigenvalue weighted by atomic mass is 32.1. The molecule has 2 heteroatoms. The van der Waals surface area contributed by atoms with Crippen LogP contribution in [-0.2, 0) is 6.42 Å². The molecule has 0 aliphatic carbocycles. The van der Waals surface area contributed by atoms with Crippen LogP contribution in [0.25, 0.3) is 0 Å². The van der Waals surface area contributed by atoms with Crippen molar-refractivity contribution in [2.24, 2.45) is 0 Å². The van der Waals surface area contributed by atoms with Crippen molar-refractivity contribution in [1.82, 2.24) is 5.32 Å². The summed E-state index contributed by atoms with van der Waals surface area (Å²) in [7, 11) is 0. The summed E-state index contributed by atoms with van der Waals surface area (Å²) in [5.41, 5.74) is 1.28. The summed E-state index contributed by atoms with van der Waals surface area (Å²) in [5.74, 6) is 0. The third-order valence-electron chi connectivity index (χ3n) is 2.44. The zero-order chi connectivity index (χ0) is 11.1. The molecular formula is C13H21NS. The minimum atomic E-state index is 0.602. The van der Waals surface area contributed by atoms with Gasteiger partial charge in [0.15, 0.2) is 0 Å². The van der Waals surface area contributed by atoms with Crippen molar-refractivity contribution in [2.45, 2.75) is 39.2 Å². The van der Waals surface area contributed by atoms with Gasteiger partial charge in [0.1, 0.15) is 0 Å². The number of nitrogens with one attached hydrogen (secondary N) is 1. The van der Waals surface area contributed by atoms with Crippen LogP contribution in [0.15, 0.2) is 29.7 Å². The summed E-state index contributed by atoms with van der Waals surface area (Å²) in [6.07, 6.45) is 3.48. The average molecular weight is 223 g/mol. The molecule has 1 atom stereocenters. The van der Waals surface area contributed by atoms with Gasteiger partial charge < -0.3 is 5.32 Å². The molecule has 0 aliphatic heterocycles. The Bertz CT molecular complexity index is 277. The third kappa shape index (κ3) is 5.14. The van der Waals surface area contributed by atoms with Crippen molar-refractivity contribution >= 4 is 11.3 Å². The molecule has 1 unspecified atom stereocenters. The Morgan fingerprint density at radius 3 is 2.93 bits per heavy atom. The Kier molecular flexibility index (Phi) is 5.66. The zero-order valence-corrected chi connectivity index (χ0v) is 10.6. The minimum absolute atomic E-state index is 0.602. The van der Waals surface area contributed by atoms with E-state index < -0.39 is 0 Å². The number of allylic oxidation sites excluding steroid dienone is 1. The van der Waals surface area contributed by atoms with Gasteiger partial charge in [0.25, 0.3) is 0 Å². The molecule has 15 heavy (non-hydrogen) atoms. The Labute approximate surface area is 97.2 Å². The quantitative estimate of drug-likeness (QED) is 0.696. The minimum Gasteiger partial charge on any atom is -0.314 e. The first kappa shape index (κ1) is 12.5. The van der Waals surface area contributed by atoms with Gasteiger partial charge in [0.2, 0.25) is 0 Å². The van der Waals surface area contributed by atoms with Crippen LogP contribution in [0.4, 0.5) is 0 Å². The van der Waals surface area contributed by atoms with Crippen LogP contribution in [0, 0.1) is 0 Å². The summed E-state index contributed by atoms with van der Waals surface area (Å²) in [5, 5.41) is 5.69. The van der Waals surface area contributed by atoms with Crippen LogP contribution in [0.1, 0.15) is 31.6 Å². The maximum absolute atomic E-state index is 3.96. The predicted molar refractivity (Wildman–Crippen MR) is 69.5 cm³/mol. The normalized spacial score (nSPS) is 12.7. The number of rotatable bonds is 7. The Hall–Kier alpha value is -0.600. The van der Waals surface area contributed by atoms with E-state index in [9.17, 15) is 0 Å². The largest absolute Gasteiger partial charge is 0.314 e. The first-order valence-corrected chi connectivity index (χ1v) is 6.50. The van der Waals surface area contributed by atoms with Crippen LogP contribution in [0.5, 0.6) is 0 Å². The van der Waals surface area contributed by atoms with E-state index in [-0.39, 0.29) is 0 Å². The predicted octanol–water partition coefficient (Wildman–Crippen LogP) is 3.63. The standard InChI is InChI=1S/C13H21NS/c1-4-14-12(8-7-11(2)3)10-13-6-5-9-15-13/h5-6,9,12,14H,2,4,7-8,10H2,1,3H3. The molecule has 0 bridgehead atoms. The molecule has 0 saturated heterocycles. The monoisotopic (exact) mass is 223 g/mol. The SMILES string of the molecule is C=C(C)CCC(Cc1cccs1)NCC. The summed E-state index contributed by atoms with van der Waals surface area (Å²) in [6.45, 7) is 9.28. The zero-order valence-electron chi connectivity index (χ0n) is 9.75. The van der Waals surface area contributed by atoms with Crippen molar-refractivity contribution < 1.29 is 0 Å². The second-order valence-electron chi connectivity index (χ2n) is 4.03. The Morgan fingerprint density at radius 2 is 2.40 bits per heavy atom. The molecule has 1 aromatic rings. The van der Waals surface area contributed by atoms with E-state index in [4.69, 9.17) is 0 Å². The topological polar surface area (TPSA) is 12.0 Å². The fourth-order valence-corrected chi connectivity index (χ4v) is 2.44. The van der Waals surface area contributed by atoms with Crippen LogP contribution in [-0.4, -0.2) is 12.6 Å². The second-order valence-corrected chi connectivity index (χ2v) is 5.07. The number of thiophene rings is 1. The van der Waals surface area contributed by atoms with Crippen LogP contribution in [0.2, 0.25) is 0 Å². The first-order valence-electron chi connectivity index (χ1n) is 5.62. The van der Waals surface area contributed by atoms with E-state index in [1.165, 1.54) is 16.9 Å². The highest BCUT2D eigenvalue weighted by Crippen LogP contribution is 2.14. The maximum atomic E-state index is 3.96. The number of hydrogen-bond donors (Lipinski definition) is 1. The Morgan fingerprint density at radius 1 is 1.60 bits per heavy atom. The van der Waals surface area contributed by atoms with Crippen LogP contribution < -0.4 is 5.32 Å². The fraction of sp³-hybridized carbons (Fsp3) is 0.538. The van der Waals surface area contributed by atoms with Gasteiger partial charge in [-0.05, 0) is 44.2 Å². The number of likely N-dealkylation sites (N-methyl/N-ethyl adjacent to an activating group) is 1. The van der Waals surface area contributed by atoms with Gasteiger partial charge in [-0.25, -0.2) is 0 Å². The maximum Gasteiger partial charge on any atom is 0.0118 e. The lowest BCUT2D eigenvalue weighted by Gasteiger charge is -2.16. The second kappa shape index (κ2) is 6.81. The Balaban J connectivity index is 2.39. The molecule has 0 fully saturated rings. The van der Waals surface area contributed by atoms with E-state index in [1.54, 1.807) is 0 Å². The van der Waals surface area contributed by atoms with Gasteiger partial charge >= 0.3 is 0 Å². The van der Waals surface area contributed by atoms with Gasteiger partial charge in [-0.15, -0.1) is 17.9 Å². The molecule has 0 aliphatic rings. The highest BCUT2D eigenvalue weighted by molar-refractivity contribution is 7.09. The molecule has 0 radical (unpaired) electrons. The smallest absolute Gasteiger partial charge is 0.0118 e. The van der Waals surface area contributed by atoms with Crippen LogP contribution >= 0.6 is 11.3 Å². The molecular weight excluding hydrogens is 202 g/mol. The van der Waals surface area contributed by atoms with Crippen molar-refractivity contribution in [2.75, 3.05) is 6.54 Å². The lowest BCUT2D eigenvalue weighted by molar-refractivity contribution is 0.493. The van der Waals surface area contributed by atoms with Crippen molar-refractivity contribution in [3.05, 3.63) is 34.5 Å². The van der Waals surface area contributed by atoms with Gasteiger partial charge in [-0.3, -0.25) is 0 Å². The fourth-order valence-electron chi connectivity index (χ4n) is 1.66. The van der Waals surface area contributed by atoms with Gasteiger partial charge in [-0.2, -0.15) is 0 Å². The van der Waals surface area contributed by atoms with Crippen molar-refractivity contribution in [3.63, 3.8) is 0 Å². The van der Waals surface area contributed by atoms with Gasteiger partial charge in [0.05, 0.1) is 0 Å². The molecule has 1 N–H and O–H groups in total. The lowest BCUT2D eigenvalue weighted by atomic mass is 10.0.